The molecule has 0 atom stereocenters. The minimum Gasteiger partial charge on any atom is -0.309 e. The van der Waals surface area contributed by atoms with Crippen LogP contribution in [-0.4, -0.2) is 28.1 Å². The number of aromatic nitrogens is 3. The van der Waals surface area contributed by atoms with Crippen LogP contribution < -0.4 is 4.90 Å². The molecule has 1 heterocycles. The molecule has 2 rings (SSSR count). The van der Waals surface area contributed by atoms with E-state index < -0.39 is 0 Å². The number of carbonyl (C=O) groups excluding carboxylic acids is 1. The summed E-state index contributed by atoms with van der Waals surface area (Å²) in [5.74, 6) is 0.0406. The molecule has 0 radical (unpaired) electrons. The molecule has 88 valence electrons. The van der Waals surface area contributed by atoms with Gasteiger partial charge in [-0.3, -0.25) is 9.89 Å². The van der Waals surface area contributed by atoms with Gasteiger partial charge < -0.3 is 4.90 Å². The number of H-pyrrole nitrogens is 1. The number of benzene rings is 1. The Morgan fingerprint density at radius 3 is 2.59 bits per heavy atom. The Bertz CT molecular complexity index is 490. The van der Waals surface area contributed by atoms with Gasteiger partial charge in [0.15, 0.2) is 0 Å². The average Bonchev–Trinajstić information content (AvgIpc) is 2.91. The summed E-state index contributed by atoms with van der Waals surface area (Å²) in [5, 5.41) is 6.22. The number of amides is 1. The largest absolute Gasteiger partial charge is 0.309 e. The van der Waals surface area contributed by atoms with Crippen LogP contribution in [0.15, 0.2) is 30.6 Å². The molecule has 17 heavy (non-hydrogen) atoms. The van der Waals surface area contributed by atoms with E-state index in [1.807, 2.05) is 24.3 Å². The molecule has 5 nitrogen and oxygen atoms in total. The molecule has 0 aliphatic rings. The van der Waals surface area contributed by atoms with E-state index in [1.165, 1.54) is 11.9 Å². The first-order valence-corrected chi connectivity index (χ1v) is 5.44. The van der Waals surface area contributed by atoms with Crippen LogP contribution in [0.25, 0.3) is 0 Å². The van der Waals surface area contributed by atoms with Crippen molar-refractivity contribution < 1.29 is 4.79 Å². The maximum atomic E-state index is 12.0. The standard InChI is InChI=1S/C12H14N4O/c1-3-9-4-6-10(7-5-9)16(2)12(17)11-13-8-14-15-11/h4-8H,3H2,1-2H3,(H,13,14,15). The van der Waals surface area contributed by atoms with Crippen molar-refractivity contribution in [1.82, 2.24) is 15.2 Å². The highest BCUT2D eigenvalue weighted by Gasteiger charge is 2.15. The quantitative estimate of drug-likeness (QED) is 0.872. The van der Waals surface area contributed by atoms with Crippen LogP contribution in [-0.2, 0) is 6.42 Å². The lowest BCUT2D eigenvalue weighted by Crippen LogP contribution is -2.27. The third-order valence-corrected chi connectivity index (χ3v) is 2.65. The van der Waals surface area contributed by atoms with Crippen LogP contribution in [0.3, 0.4) is 0 Å². The fourth-order valence-electron chi connectivity index (χ4n) is 1.54. The number of hydrogen-bond donors (Lipinski definition) is 1. The highest BCUT2D eigenvalue weighted by atomic mass is 16.2. The van der Waals surface area contributed by atoms with Gasteiger partial charge in [0.05, 0.1) is 0 Å². The second kappa shape index (κ2) is 4.78. The summed E-state index contributed by atoms with van der Waals surface area (Å²) in [6.45, 7) is 2.10. The molecule has 0 aliphatic heterocycles. The summed E-state index contributed by atoms with van der Waals surface area (Å²) in [4.78, 5) is 17.3. The first-order chi connectivity index (χ1) is 8.22. The minimum atomic E-state index is -0.202. The molecule has 1 N–H and O–H groups in total. The molecule has 5 heteroatoms. The Morgan fingerprint density at radius 1 is 1.35 bits per heavy atom. The Morgan fingerprint density at radius 2 is 2.06 bits per heavy atom. The van der Waals surface area contributed by atoms with Crippen LogP contribution in [0.5, 0.6) is 0 Å². The average molecular weight is 230 g/mol. The third kappa shape index (κ3) is 2.33. The Hall–Kier alpha value is -2.17. The molecule has 0 unspecified atom stereocenters. The number of nitrogens with zero attached hydrogens (tertiary/aromatic N) is 3. The SMILES string of the molecule is CCc1ccc(N(C)C(=O)c2ncn[nH]2)cc1. The van der Waals surface area contributed by atoms with Gasteiger partial charge in [-0.2, -0.15) is 5.10 Å². The molecule has 0 saturated carbocycles. The van der Waals surface area contributed by atoms with E-state index in [1.54, 1.807) is 11.9 Å². The molecule has 2 aromatic rings. The smallest absolute Gasteiger partial charge is 0.295 e. The first kappa shape index (κ1) is 11.3. The van der Waals surface area contributed by atoms with E-state index in [2.05, 4.69) is 22.1 Å². The van der Waals surface area contributed by atoms with Gasteiger partial charge in [0.1, 0.15) is 6.33 Å². The normalized spacial score (nSPS) is 10.2. The Labute approximate surface area is 99.5 Å². The van der Waals surface area contributed by atoms with Gasteiger partial charge in [-0.05, 0) is 24.1 Å². The zero-order valence-electron chi connectivity index (χ0n) is 9.84. The van der Waals surface area contributed by atoms with Crippen LogP contribution in [0, 0.1) is 0 Å². The van der Waals surface area contributed by atoms with Crippen LogP contribution >= 0.6 is 0 Å². The monoisotopic (exact) mass is 230 g/mol. The summed E-state index contributed by atoms with van der Waals surface area (Å²) in [5.41, 5.74) is 2.08. The fraction of sp³-hybridized carbons (Fsp3) is 0.250. The van der Waals surface area contributed by atoms with Crippen molar-refractivity contribution in [2.24, 2.45) is 0 Å². The number of carbonyl (C=O) groups is 1. The van der Waals surface area contributed by atoms with E-state index in [0.29, 0.717) is 0 Å². The van der Waals surface area contributed by atoms with E-state index in [9.17, 15) is 4.79 Å². The molecular weight excluding hydrogens is 216 g/mol. The molecular formula is C12H14N4O. The van der Waals surface area contributed by atoms with Crippen molar-refractivity contribution in [3.05, 3.63) is 42.0 Å². The van der Waals surface area contributed by atoms with Crippen molar-refractivity contribution >= 4 is 11.6 Å². The maximum Gasteiger partial charge on any atom is 0.295 e. The fourth-order valence-corrected chi connectivity index (χ4v) is 1.54. The molecule has 0 spiro atoms. The van der Waals surface area contributed by atoms with Crippen molar-refractivity contribution in [3.8, 4) is 0 Å². The third-order valence-electron chi connectivity index (χ3n) is 2.65. The lowest BCUT2D eigenvalue weighted by atomic mass is 10.1. The van der Waals surface area contributed by atoms with Crippen LogP contribution in [0.1, 0.15) is 23.1 Å². The molecule has 0 bridgehead atoms. The van der Waals surface area contributed by atoms with Gasteiger partial charge in [0.25, 0.3) is 5.91 Å². The van der Waals surface area contributed by atoms with Crippen molar-refractivity contribution in [2.75, 3.05) is 11.9 Å². The van der Waals surface area contributed by atoms with E-state index in [-0.39, 0.29) is 11.7 Å². The second-order valence-corrected chi connectivity index (χ2v) is 3.72. The van der Waals surface area contributed by atoms with Gasteiger partial charge in [-0.25, -0.2) is 4.98 Å². The van der Waals surface area contributed by atoms with Gasteiger partial charge in [0.2, 0.25) is 5.82 Å². The lowest BCUT2D eigenvalue weighted by Gasteiger charge is -2.15. The van der Waals surface area contributed by atoms with E-state index in [4.69, 9.17) is 0 Å². The minimum absolute atomic E-state index is 0.202. The van der Waals surface area contributed by atoms with Gasteiger partial charge >= 0.3 is 0 Å². The predicted octanol–water partition coefficient (Wildman–Crippen LogP) is 1.64. The molecule has 0 saturated heterocycles. The molecule has 1 aromatic carbocycles. The van der Waals surface area contributed by atoms with Gasteiger partial charge in [-0.15, -0.1) is 0 Å². The number of hydrogen-bond acceptors (Lipinski definition) is 3. The maximum absolute atomic E-state index is 12.0. The highest BCUT2D eigenvalue weighted by Crippen LogP contribution is 2.15. The van der Waals surface area contributed by atoms with Crippen molar-refractivity contribution in [1.29, 1.82) is 0 Å². The number of nitrogens with one attached hydrogen (secondary N) is 1. The van der Waals surface area contributed by atoms with Crippen LogP contribution in [0.4, 0.5) is 5.69 Å². The predicted molar refractivity (Wildman–Crippen MR) is 64.9 cm³/mol. The zero-order chi connectivity index (χ0) is 12.3. The number of aryl methyl sites for hydroxylation is 1. The summed E-state index contributed by atoms with van der Waals surface area (Å²) in [6.07, 6.45) is 2.31. The summed E-state index contributed by atoms with van der Waals surface area (Å²) in [6, 6.07) is 7.87. The molecule has 0 fully saturated rings. The van der Waals surface area contributed by atoms with E-state index in [0.717, 1.165) is 12.1 Å². The van der Waals surface area contributed by atoms with E-state index >= 15 is 0 Å². The Balaban J connectivity index is 2.19. The Kier molecular flexibility index (Phi) is 3.18. The number of anilines is 1. The summed E-state index contributed by atoms with van der Waals surface area (Å²) < 4.78 is 0. The molecule has 1 amide bonds. The zero-order valence-corrected chi connectivity index (χ0v) is 9.84. The second-order valence-electron chi connectivity index (χ2n) is 3.72. The lowest BCUT2D eigenvalue weighted by molar-refractivity contribution is 0.0983. The highest BCUT2D eigenvalue weighted by molar-refractivity contribution is 6.02. The van der Waals surface area contributed by atoms with Gasteiger partial charge in [0, 0.05) is 12.7 Å². The molecule has 0 aliphatic carbocycles. The van der Waals surface area contributed by atoms with Gasteiger partial charge in [-0.1, -0.05) is 19.1 Å². The summed E-state index contributed by atoms with van der Waals surface area (Å²) >= 11 is 0. The van der Waals surface area contributed by atoms with Crippen molar-refractivity contribution in [3.63, 3.8) is 0 Å². The topological polar surface area (TPSA) is 61.9 Å². The molecule has 1 aromatic heterocycles. The number of aromatic amines is 1. The van der Waals surface area contributed by atoms with Crippen molar-refractivity contribution in [2.45, 2.75) is 13.3 Å². The van der Waals surface area contributed by atoms with Crippen LogP contribution in [0.2, 0.25) is 0 Å². The first-order valence-electron chi connectivity index (χ1n) is 5.44. The summed E-state index contributed by atoms with van der Waals surface area (Å²) in [7, 11) is 1.71. The number of rotatable bonds is 3.